The Hall–Kier alpha value is -2.56. The highest BCUT2D eigenvalue weighted by molar-refractivity contribution is 5.89. The van der Waals surface area contributed by atoms with E-state index < -0.39 is 5.97 Å². The molecule has 0 saturated heterocycles. The van der Waals surface area contributed by atoms with E-state index in [0.29, 0.717) is 18.5 Å². The number of hydrogen-bond acceptors (Lipinski definition) is 2. The second-order valence-electron chi connectivity index (χ2n) is 4.73. The van der Waals surface area contributed by atoms with Crippen molar-refractivity contribution in [2.24, 2.45) is 0 Å². The van der Waals surface area contributed by atoms with Crippen LogP contribution in [0.2, 0.25) is 0 Å². The normalized spacial score (nSPS) is 10.3. The minimum atomic E-state index is -0.960. The number of benzene rings is 1. The van der Waals surface area contributed by atoms with Gasteiger partial charge in [0.25, 0.3) is 0 Å². The van der Waals surface area contributed by atoms with Crippen molar-refractivity contribution in [2.45, 2.75) is 19.4 Å². The number of aromatic carboxylic acids is 1. The van der Waals surface area contributed by atoms with Crippen LogP contribution >= 0.6 is 0 Å². The van der Waals surface area contributed by atoms with E-state index in [1.165, 1.54) is 0 Å². The van der Waals surface area contributed by atoms with Crippen molar-refractivity contribution < 1.29 is 14.7 Å². The fourth-order valence-corrected chi connectivity index (χ4v) is 2.13. The van der Waals surface area contributed by atoms with Crippen LogP contribution in [0.25, 0.3) is 0 Å². The summed E-state index contributed by atoms with van der Waals surface area (Å²) in [5, 5.41) is 11.9. The Balaban J connectivity index is 1.77. The molecular weight excluding hydrogens is 268 g/mol. The molecule has 2 aromatic rings. The number of carbonyl (C=O) groups is 2. The number of carbonyl (C=O) groups excluding carboxylic acids is 1. The minimum absolute atomic E-state index is 0.0673. The van der Waals surface area contributed by atoms with Gasteiger partial charge in [-0.2, -0.15) is 0 Å². The Labute approximate surface area is 123 Å². The molecule has 1 aromatic heterocycles. The molecule has 5 heteroatoms. The molecule has 1 heterocycles. The number of rotatable bonds is 7. The summed E-state index contributed by atoms with van der Waals surface area (Å²) in [5.74, 6) is -1.03. The van der Waals surface area contributed by atoms with Crippen LogP contribution in [-0.4, -0.2) is 28.1 Å². The Bertz CT molecular complexity index is 606. The molecule has 1 aromatic carbocycles. The van der Waals surface area contributed by atoms with Crippen molar-refractivity contribution in [3.8, 4) is 0 Å². The van der Waals surface area contributed by atoms with E-state index in [-0.39, 0.29) is 17.9 Å². The van der Waals surface area contributed by atoms with Crippen molar-refractivity contribution in [3.63, 3.8) is 0 Å². The van der Waals surface area contributed by atoms with E-state index in [1.807, 2.05) is 29.1 Å². The number of hydrogen-bond donors (Lipinski definition) is 2. The first-order valence-electron chi connectivity index (χ1n) is 6.85. The summed E-state index contributed by atoms with van der Waals surface area (Å²) in [7, 11) is 0. The summed E-state index contributed by atoms with van der Waals surface area (Å²) < 4.78 is 1.99. The van der Waals surface area contributed by atoms with Gasteiger partial charge in [-0.25, -0.2) is 4.79 Å². The Morgan fingerprint density at radius 3 is 2.52 bits per heavy atom. The SMILES string of the molecule is O=C(CCc1ccccc1C(=O)O)NCCn1cccc1. The Morgan fingerprint density at radius 1 is 1.10 bits per heavy atom. The number of aromatic nitrogens is 1. The lowest BCUT2D eigenvalue weighted by Gasteiger charge is -2.08. The second kappa shape index (κ2) is 7.28. The highest BCUT2D eigenvalue weighted by Crippen LogP contribution is 2.11. The van der Waals surface area contributed by atoms with E-state index in [0.717, 1.165) is 6.54 Å². The summed E-state index contributed by atoms with van der Waals surface area (Å²) in [4.78, 5) is 22.8. The highest BCUT2D eigenvalue weighted by atomic mass is 16.4. The van der Waals surface area contributed by atoms with Crippen LogP contribution in [0.5, 0.6) is 0 Å². The number of carboxylic acid groups (broad SMARTS) is 1. The van der Waals surface area contributed by atoms with Gasteiger partial charge in [-0.05, 0) is 30.2 Å². The lowest BCUT2D eigenvalue weighted by atomic mass is 10.0. The van der Waals surface area contributed by atoms with Crippen LogP contribution < -0.4 is 5.32 Å². The molecule has 0 fully saturated rings. The molecule has 0 aliphatic heterocycles. The van der Waals surface area contributed by atoms with Crippen LogP contribution in [0.1, 0.15) is 22.3 Å². The van der Waals surface area contributed by atoms with Gasteiger partial charge in [0, 0.05) is 31.9 Å². The Morgan fingerprint density at radius 2 is 1.81 bits per heavy atom. The van der Waals surface area contributed by atoms with Gasteiger partial charge in [-0.1, -0.05) is 18.2 Å². The largest absolute Gasteiger partial charge is 0.478 e. The number of nitrogens with zero attached hydrogens (tertiary/aromatic N) is 1. The van der Waals surface area contributed by atoms with Crippen LogP contribution in [0.3, 0.4) is 0 Å². The third kappa shape index (κ3) is 4.49. The molecule has 2 N–H and O–H groups in total. The molecule has 2 rings (SSSR count). The molecule has 5 nitrogen and oxygen atoms in total. The molecule has 0 spiro atoms. The molecule has 0 saturated carbocycles. The van der Waals surface area contributed by atoms with Gasteiger partial charge in [0.15, 0.2) is 0 Å². The van der Waals surface area contributed by atoms with Crippen LogP contribution in [0, 0.1) is 0 Å². The van der Waals surface area contributed by atoms with E-state index >= 15 is 0 Å². The van der Waals surface area contributed by atoms with Gasteiger partial charge in [0.05, 0.1) is 5.56 Å². The van der Waals surface area contributed by atoms with Gasteiger partial charge in [0.2, 0.25) is 5.91 Å². The van der Waals surface area contributed by atoms with E-state index in [2.05, 4.69) is 5.32 Å². The van der Waals surface area contributed by atoms with Crippen molar-refractivity contribution >= 4 is 11.9 Å². The molecule has 0 bridgehead atoms. The van der Waals surface area contributed by atoms with Gasteiger partial charge in [-0.3, -0.25) is 4.79 Å². The number of amides is 1. The molecular formula is C16H18N2O3. The molecule has 21 heavy (non-hydrogen) atoms. The predicted octanol–water partition coefficient (Wildman–Crippen LogP) is 1.94. The minimum Gasteiger partial charge on any atom is -0.478 e. The van der Waals surface area contributed by atoms with Crippen LogP contribution in [0.4, 0.5) is 0 Å². The standard InChI is InChI=1S/C16H18N2O3/c19-15(17-9-12-18-10-3-4-11-18)8-7-13-5-1-2-6-14(13)16(20)21/h1-6,10-11H,7-9,12H2,(H,17,19)(H,20,21). The molecule has 0 aliphatic rings. The molecule has 0 aliphatic carbocycles. The predicted molar refractivity (Wildman–Crippen MR) is 79.2 cm³/mol. The topological polar surface area (TPSA) is 71.3 Å². The first-order valence-corrected chi connectivity index (χ1v) is 6.85. The average molecular weight is 286 g/mol. The van der Waals surface area contributed by atoms with Crippen molar-refractivity contribution in [1.82, 2.24) is 9.88 Å². The summed E-state index contributed by atoms with van der Waals surface area (Å²) in [6.45, 7) is 1.29. The Kier molecular flexibility index (Phi) is 5.15. The molecule has 1 amide bonds. The first-order chi connectivity index (χ1) is 10.2. The van der Waals surface area contributed by atoms with E-state index in [9.17, 15) is 9.59 Å². The number of nitrogens with one attached hydrogen (secondary N) is 1. The zero-order valence-corrected chi connectivity index (χ0v) is 11.7. The maximum atomic E-state index is 11.8. The maximum absolute atomic E-state index is 11.8. The van der Waals surface area contributed by atoms with Gasteiger partial charge in [-0.15, -0.1) is 0 Å². The smallest absolute Gasteiger partial charge is 0.335 e. The summed E-state index contributed by atoms with van der Waals surface area (Å²) in [6.07, 6.45) is 4.60. The third-order valence-electron chi connectivity index (χ3n) is 3.23. The monoisotopic (exact) mass is 286 g/mol. The summed E-state index contributed by atoms with van der Waals surface area (Å²) >= 11 is 0. The average Bonchev–Trinajstić information content (AvgIpc) is 2.98. The van der Waals surface area contributed by atoms with Crippen LogP contribution in [-0.2, 0) is 17.8 Å². The van der Waals surface area contributed by atoms with E-state index in [4.69, 9.17) is 5.11 Å². The second-order valence-corrected chi connectivity index (χ2v) is 4.73. The van der Waals surface area contributed by atoms with Crippen molar-refractivity contribution in [3.05, 3.63) is 59.9 Å². The first kappa shape index (κ1) is 14.8. The fourth-order valence-electron chi connectivity index (χ4n) is 2.13. The van der Waals surface area contributed by atoms with Crippen LogP contribution in [0.15, 0.2) is 48.8 Å². The van der Waals surface area contributed by atoms with Gasteiger partial charge < -0.3 is 15.0 Å². The maximum Gasteiger partial charge on any atom is 0.335 e. The highest BCUT2D eigenvalue weighted by Gasteiger charge is 2.10. The number of carboxylic acids is 1. The zero-order valence-electron chi connectivity index (χ0n) is 11.7. The molecule has 0 atom stereocenters. The van der Waals surface area contributed by atoms with Crippen molar-refractivity contribution in [1.29, 1.82) is 0 Å². The lowest BCUT2D eigenvalue weighted by Crippen LogP contribution is -2.27. The lowest BCUT2D eigenvalue weighted by molar-refractivity contribution is -0.121. The van der Waals surface area contributed by atoms with Crippen molar-refractivity contribution in [2.75, 3.05) is 6.54 Å². The van der Waals surface area contributed by atoms with Gasteiger partial charge in [0.1, 0.15) is 0 Å². The quantitative estimate of drug-likeness (QED) is 0.817. The summed E-state index contributed by atoms with van der Waals surface area (Å²) in [5.41, 5.74) is 0.947. The van der Waals surface area contributed by atoms with E-state index in [1.54, 1.807) is 24.3 Å². The summed E-state index contributed by atoms with van der Waals surface area (Å²) in [6, 6.07) is 10.6. The fraction of sp³-hybridized carbons (Fsp3) is 0.250. The molecule has 110 valence electrons. The van der Waals surface area contributed by atoms with Gasteiger partial charge >= 0.3 is 5.97 Å². The zero-order chi connectivity index (χ0) is 15.1. The molecule has 0 unspecified atom stereocenters. The third-order valence-corrected chi connectivity index (χ3v) is 3.23. The molecule has 0 radical (unpaired) electrons. The number of aryl methyl sites for hydroxylation is 1.